The number of ether oxygens (including phenoxy) is 4. The number of aliphatic hydroxyl groups excluding tert-OH is 8. The third kappa shape index (κ3) is 28.7. The molecule has 2 aliphatic rings. The number of rotatable bonds is 45. The van der Waals surface area contributed by atoms with Crippen LogP contribution in [-0.4, -0.2) is 140 Å². The maximum atomic E-state index is 13.1. The molecular formula is C55H105NO13. The molecule has 12 atom stereocenters. The van der Waals surface area contributed by atoms with Crippen molar-refractivity contribution in [2.24, 2.45) is 0 Å². The van der Waals surface area contributed by atoms with Crippen LogP contribution in [0.15, 0.2) is 12.2 Å². The zero-order valence-electron chi connectivity index (χ0n) is 43.6. The van der Waals surface area contributed by atoms with Gasteiger partial charge < -0.3 is 65.1 Å². The van der Waals surface area contributed by atoms with Gasteiger partial charge in [0, 0.05) is 6.42 Å². The van der Waals surface area contributed by atoms with Gasteiger partial charge in [-0.15, -0.1) is 0 Å². The molecule has 2 heterocycles. The second kappa shape index (κ2) is 42.1. The fraction of sp³-hybridized carbons (Fsp3) is 0.945. The maximum absolute atomic E-state index is 13.1. The van der Waals surface area contributed by atoms with Crippen molar-refractivity contribution < 1.29 is 64.6 Å². The predicted molar refractivity (Wildman–Crippen MR) is 272 cm³/mol. The van der Waals surface area contributed by atoms with Crippen molar-refractivity contribution in [2.45, 2.75) is 312 Å². The van der Waals surface area contributed by atoms with E-state index < -0.39 is 86.8 Å². The number of hydrogen-bond donors (Lipinski definition) is 9. The van der Waals surface area contributed by atoms with Gasteiger partial charge in [0.15, 0.2) is 12.6 Å². The molecule has 1 amide bonds. The molecule has 69 heavy (non-hydrogen) atoms. The molecule has 0 saturated carbocycles. The Labute approximate surface area is 418 Å². The van der Waals surface area contributed by atoms with Crippen LogP contribution in [0.2, 0.25) is 0 Å². The Bertz CT molecular complexity index is 1210. The molecule has 2 aliphatic heterocycles. The minimum absolute atomic E-state index is 0.212. The van der Waals surface area contributed by atoms with Crippen molar-refractivity contribution in [2.75, 3.05) is 19.8 Å². The minimum Gasteiger partial charge on any atom is -0.394 e. The summed E-state index contributed by atoms with van der Waals surface area (Å²) in [5, 5.41) is 86.3. The first-order chi connectivity index (χ1) is 33.6. The van der Waals surface area contributed by atoms with E-state index in [1.807, 2.05) is 0 Å². The van der Waals surface area contributed by atoms with E-state index in [1.165, 1.54) is 161 Å². The van der Waals surface area contributed by atoms with E-state index >= 15 is 0 Å². The average Bonchev–Trinajstić information content (AvgIpc) is 3.35. The van der Waals surface area contributed by atoms with Crippen molar-refractivity contribution in [1.29, 1.82) is 0 Å². The molecule has 9 N–H and O–H groups in total. The molecular weight excluding hydrogens is 883 g/mol. The summed E-state index contributed by atoms with van der Waals surface area (Å²) in [6.45, 7) is 2.73. The third-order valence-electron chi connectivity index (χ3n) is 14.2. The molecule has 14 heteroatoms. The topological polar surface area (TPSA) is 228 Å². The van der Waals surface area contributed by atoms with Gasteiger partial charge in [-0.25, -0.2) is 0 Å². The van der Waals surface area contributed by atoms with Crippen LogP contribution in [-0.2, 0) is 23.7 Å². The molecule has 14 nitrogen and oxygen atoms in total. The summed E-state index contributed by atoms with van der Waals surface area (Å²) in [5.74, 6) is -0.212. The monoisotopic (exact) mass is 988 g/mol. The van der Waals surface area contributed by atoms with Crippen molar-refractivity contribution in [3.8, 4) is 0 Å². The molecule has 408 valence electrons. The average molecular weight is 988 g/mol. The highest BCUT2D eigenvalue weighted by Crippen LogP contribution is 2.30. The first-order valence-electron chi connectivity index (χ1n) is 28.4. The molecule has 0 aromatic rings. The zero-order valence-corrected chi connectivity index (χ0v) is 43.6. The van der Waals surface area contributed by atoms with Gasteiger partial charge in [0.25, 0.3) is 0 Å². The van der Waals surface area contributed by atoms with Gasteiger partial charge in [-0.2, -0.15) is 0 Å². The van der Waals surface area contributed by atoms with Gasteiger partial charge in [-0.1, -0.05) is 206 Å². The van der Waals surface area contributed by atoms with Crippen LogP contribution in [0, 0.1) is 0 Å². The fourth-order valence-electron chi connectivity index (χ4n) is 9.59. The Balaban J connectivity index is 1.53. The normalized spacial score (nSPS) is 26.2. The number of amides is 1. The second-order valence-corrected chi connectivity index (χ2v) is 20.4. The molecule has 0 aromatic carbocycles. The SMILES string of the molecule is CCCCCCCCCC/C=C\CCCCCCCCCCCCCCCCCCCCCC(=O)NC(COC1OC(CO)C(OC2OC(CO)C(O)C(O)C2O)C(O)C1O)C(O)CCCCCC. The van der Waals surface area contributed by atoms with Crippen molar-refractivity contribution in [3.05, 3.63) is 12.2 Å². The molecule has 2 rings (SSSR count). The van der Waals surface area contributed by atoms with Crippen LogP contribution in [0.4, 0.5) is 0 Å². The summed E-state index contributed by atoms with van der Waals surface area (Å²) in [6.07, 6.45) is 30.5. The van der Waals surface area contributed by atoms with Crippen LogP contribution in [0.3, 0.4) is 0 Å². The van der Waals surface area contributed by atoms with E-state index in [9.17, 15) is 45.6 Å². The number of allylic oxidation sites excluding steroid dienone is 2. The lowest BCUT2D eigenvalue weighted by Gasteiger charge is -2.46. The number of unbranched alkanes of at least 4 members (excludes halogenated alkanes) is 30. The first-order valence-corrected chi connectivity index (χ1v) is 28.4. The van der Waals surface area contributed by atoms with Gasteiger partial charge in [0.1, 0.15) is 48.8 Å². The highest BCUT2D eigenvalue weighted by Gasteiger charge is 2.51. The van der Waals surface area contributed by atoms with E-state index in [1.54, 1.807) is 0 Å². The number of aliphatic hydroxyl groups is 8. The largest absolute Gasteiger partial charge is 0.394 e. The molecule has 0 radical (unpaired) electrons. The van der Waals surface area contributed by atoms with Crippen LogP contribution >= 0.6 is 0 Å². The first kappa shape index (κ1) is 63.8. The Morgan fingerprint density at radius 3 is 1.38 bits per heavy atom. The summed E-state index contributed by atoms with van der Waals surface area (Å²) in [6, 6.07) is -0.820. The highest BCUT2D eigenvalue weighted by molar-refractivity contribution is 5.76. The van der Waals surface area contributed by atoms with Crippen molar-refractivity contribution in [3.63, 3.8) is 0 Å². The van der Waals surface area contributed by atoms with E-state index in [4.69, 9.17) is 18.9 Å². The maximum Gasteiger partial charge on any atom is 0.220 e. The van der Waals surface area contributed by atoms with Gasteiger partial charge in [0.05, 0.1) is 32.0 Å². The quantitative estimate of drug-likeness (QED) is 0.0206. The smallest absolute Gasteiger partial charge is 0.220 e. The predicted octanol–water partition coefficient (Wildman–Crippen LogP) is 8.72. The van der Waals surface area contributed by atoms with Gasteiger partial charge in [0.2, 0.25) is 5.91 Å². The van der Waals surface area contributed by atoms with E-state index in [0.29, 0.717) is 12.8 Å². The minimum atomic E-state index is -1.78. The second-order valence-electron chi connectivity index (χ2n) is 20.4. The van der Waals surface area contributed by atoms with Gasteiger partial charge in [-0.3, -0.25) is 4.79 Å². The Kier molecular flexibility index (Phi) is 39.0. The Morgan fingerprint density at radius 1 is 0.507 bits per heavy atom. The molecule has 0 bridgehead atoms. The Hall–Kier alpha value is -1.27. The van der Waals surface area contributed by atoms with Crippen LogP contribution in [0.5, 0.6) is 0 Å². The zero-order chi connectivity index (χ0) is 50.3. The van der Waals surface area contributed by atoms with Crippen LogP contribution in [0.1, 0.15) is 239 Å². The van der Waals surface area contributed by atoms with E-state index in [0.717, 1.165) is 51.4 Å². The molecule has 0 aromatic heterocycles. The van der Waals surface area contributed by atoms with Crippen LogP contribution < -0.4 is 5.32 Å². The molecule has 2 fully saturated rings. The van der Waals surface area contributed by atoms with E-state index in [2.05, 4.69) is 31.3 Å². The van der Waals surface area contributed by atoms with E-state index in [-0.39, 0.29) is 12.5 Å². The summed E-state index contributed by atoms with van der Waals surface area (Å²) in [4.78, 5) is 13.1. The molecule has 12 unspecified atom stereocenters. The van der Waals surface area contributed by atoms with Crippen molar-refractivity contribution in [1.82, 2.24) is 5.32 Å². The lowest BCUT2D eigenvalue weighted by atomic mass is 9.97. The third-order valence-corrected chi connectivity index (χ3v) is 14.2. The number of nitrogens with one attached hydrogen (secondary N) is 1. The van der Waals surface area contributed by atoms with Crippen molar-refractivity contribution >= 4 is 5.91 Å². The van der Waals surface area contributed by atoms with Gasteiger partial charge in [-0.05, 0) is 38.5 Å². The number of hydrogen-bond acceptors (Lipinski definition) is 13. The lowest BCUT2D eigenvalue weighted by Crippen LogP contribution is -2.65. The molecule has 2 saturated heterocycles. The summed E-state index contributed by atoms with van der Waals surface area (Å²) < 4.78 is 22.6. The molecule has 0 aliphatic carbocycles. The number of carbonyl (C=O) groups is 1. The lowest BCUT2D eigenvalue weighted by molar-refractivity contribution is -0.359. The van der Waals surface area contributed by atoms with Crippen LogP contribution in [0.25, 0.3) is 0 Å². The van der Waals surface area contributed by atoms with Gasteiger partial charge >= 0.3 is 0 Å². The summed E-state index contributed by atoms with van der Waals surface area (Å²) in [7, 11) is 0. The fourth-order valence-corrected chi connectivity index (χ4v) is 9.59. The number of carbonyl (C=O) groups excluding carboxylic acids is 1. The molecule has 0 spiro atoms. The summed E-state index contributed by atoms with van der Waals surface area (Å²) in [5.41, 5.74) is 0. The Morgan fingerprint density at radius 2 is 0.913 bits per heavy atom. The summed E-state index contributed by atoms with van der Waals surface area (Å²) >= 11 is 0. The highest BCUT2D eigenvalue weighted by atomic mass is 16.7. The standard InChI is InChI=1S/C55H105NO13/c1-3-5-7-9-10-11-12-13-14-15-16-17-18-19-20-21-22-23-24-25-26-27-28-29-30-31-32-33-34-35-37-39-47(60)56-43(44(59)38-36-8-6-4-2)42-66-54-52(65)50(63)53(46(41-58)68-54)69-55-51(64)49(62)48(61)45(40-57)67-55/h15-16,43-46,48-55,57-59,61-65H,3-14,17-42H2,1-2H3,(H,56,60)/b16-15-.